The number of aromatic nitrogens is 1. The summed E-state index contributed by atoms with van der Waals surface area (Å²) in [6.45, 7) is 0. The average molecular weight is 284 g/mol. The Labute approximate surface area is 113 Å². The van der Waals surface area contributed by atoms with Gasteiger partial charge in [-0.2, -0.15) is 0 Å². The van der Waals surface area contributed by atoms with Crippen LogP contribution in [0.1, 0.15) is 10.4 Å². The van der Waals surface area contributed by atoms with Gasteiger partial charge in [0.05, 0.1) is 5.56 Å². The standard InChI is InChI=1S/C12H7Cl2NO3/c13-8-2-1-3-9(6-8)18-11-5-7(12(16)17)4-10(14)15-11/h1-6H,(H,16,17). The third-order valence-electron chi connectivity index (χ3n) is 2.04. The highest BCUT2D eigenvalue weighted by molar-refractivity contribution is 6.30. The normalized spacial score (nSPS) is 10.1. The fraction of sp³-hybridized carbons (Fsp3) is 0. The Morgan fingerprint density at radius 3 is 2.67 bits per heavy atom. The van der Waals surface area contributed by atoms with Gasteiger partial charge in [-0.05, 0) is 24.3 Å². The van der Waals surface area contributed by atoms with Crippen LogP contribution in [0.2, 0.25) is 10.2 Å². The summed E-state index contributed by atoms with van der Waals surface area (Å²) in [6.07, 6.45) is 0. The predicted octanol–water partition coefficient (Wildman–Crippen LogP) is 3.88. The molecule has 2 rings (SSSR count). The van der Waals surface area contributed by atoms with E-state index in [0.29, 0.717) is 10.8 Å². The molecule has 92 valence electrons. The van der Waals surface area contributed by atoms with Crippen molar-refractivity contribution in [3.05, 3.63) is 52.1 Å². The summed E-state index contributed by atoms with van der Waals surface area (Å²) in [5.41, 5.74) is 0.00651. The number of aromatic carboxylic acids is 1. The van der Waals surface area contributed by atoms with Gasteiger partial charge in [0.1, 0.15) is 10.9 Å². The molecule has 1 heterocycles. The molecule has 4 nitrogen and oxygen atoms in total. The number of hydrogen-bond donors (Lipinski definition) is 1. The number of carboxylic acids is 1. The van der Waals surface area contributed by atoms with Gasteiger partial charge >= 0.3 is 5.97 Å². The SMILES string of the molecule is O=C(O)c1cc(Cl)nc(Oc2cccc(Cl)c2)c1. The van der Waals surface area contributed by atoms with Gasteiger partial charge < -0.3 is 9.84 Å². The summed E-state index contributed by atoms with van der Waals surface area (Å²) in [5.74, 6) is -0.550. The van der Waals surface area contributed by atoms with Gasteiger partial charge in [-0.25, -0.2) is 9.78 Å². The highest BCUT2D eigenvalue weighted by atomic mass is 35.5. The van der Waals surface area contributed by atoms with E-state index in [4.69, 9.17) is 33.0 Å². The number of carboxylic acid groups (broad SMARTS) is 1. The highest BCUT2D eigenvalue weighted by Gasteiger charge is 2.09. The van der Waals surface area contributed by atoms with Crippen molar-refractivity contribution >= 4 is 29.2 Å². The first-order chi connectivity index (χ1) is 8.54. The number of pyridine rings is 1. The molecule has 0 radical (unpaired) electrons. The Morgan fingerprint density at radius 2 is 2.00 bits per heavy atom. The lowest BCUT2D eigenvalue weighted by atomic mass is 10.3. The Balaban J connectivity index is 2.31. The lowest BCUT2D eigenvalue weighted by Crippen LogP contribution is -1.98. The molecule has 0 unspecified atom stereocenters. The number of carbonyl (C=O) groups is 1. The highest BCUT2D eigenvalue weighted by Crippen LogP contribution is 2.24. The van der Waals surface area contributed by atoms with Gasteiger partial charge in [-0.15, -0.1) is 0 Å². The largest absolute Gasteiger partial charge is 0.478 e. The number of benzene rings is 1. The molecule has 0 aliphatic heterocycles. The average Bonchev–Trinajstić information content (AvgIpc) is 2.28. The minimum atomic E-state index is -1.10. The van der Waals surface area contributed by atoms with Crippen LogP contribution in [-0.4, -0.2) is 16.1 Å². The Hall–Kier alpha value is -1.78. The zero-order valence-electron chi connectivity index (χ0n) is 8.93. The fourth-order valence-electron chi connectivity index (χ4n) is 1.30. The number of halogens is 2. The van der Waals surface area contributed by atoms with Crippen LogP contribution >= 0.6 is 23.2 Å². The molecule has 0 aliphatic rings. The quantitative estimate of drug-likeness (QED) is 0.869. The van der Waals surface area contributed by atoms with Crippen molar-refractivity contribution in [2.24, 2.45) is 0 Å². The van der Waals surface area contributed by atoms with Crippen molar-refractivity contribution in [3.63, 3.8) is 0 Å². The topological polar surface area (TPSA) is 59.4 Å². The molecule has 18 heavy (non-hydrogen) atoms. The minimum absolute atomic E-state index is 0.00651. The molecule has 0 bridgehead atoms. The first-order valence-electron chi connectivity index (χ1n) is 4.89. The Bertz CT molecular complexity index is 602. The molecule has 2 aromatic rings. The molecule has 0 amide bonds. The fourth-order valence-corrected chi connectivity index (χ4v) is 1.68. The Kier molecular flexibility index (Phi) is 3.69. The molecule has 1 aromatic heterocycles. The van der Waals surface area contributed by atoms with E-state index < -0.39 is 5.97 Å². The van der Waals surface area contributed by atoms with E-state index in [9.17, 15) is 4.79 Å². The second-order valence-electron chi connectivity index (χ2n) is 3.38. The van der Waals surface area contributed by atoms with Gasteiger partial charge in [-0.1, -0.05) is 29.3 Å². The maximum atomic E-state index is 10.8. The van der Waals surface area contributed by atoms with E-state index in [1.807, 2.05) is 0 Å². The summed E-state index contributed by atoms with van der Waals surface area (Å²) in [7, 11) is 0. The third kappa shape index (κ3) is 3.12. The van der Waals surface area contributed by atoms with Gasteiger partial charge in [0.25, 0.3) is 0 Å². The summed E-state index contributed by atoms with van der Waals surface area (Å²) in [6, 6.07) is 9.20. The van der Waals surface area contributed by atoms with E-state index in [1.54, 1.807) is 24.3 Å². The van der Waals surface area contributed by atoms with E-state index in [1.165, 1.54) is 12.1 Å². The van der Waals surface area contributed by atoms with Crippen LogP contribution in [0, 0.1) is 0 Å². The van der Waals surface area contributed by atoms with E-state index in [2.05, 4.69) is 4.98 Å². The van der Waals surface area contributed by atoms with Crippen molar-refractivity contribution in [2.45, 2.75) is 0 Å². The summed E-state index contributed by atoms with van der Waals surface area (Å²) >= 11 is 11.5. The molecule has 0 atom stereocenters. The van der Waals surface area contributed by atoms with Crippen LogP contribution < -0.4 is 4.74 Å². The van der Waals surface area contributed by atoms with Crippen molar-refractivity contribution in [2.75, 3.05) is 0 Å². The van der Waals surface area contributed by atoms with Crippen LogP contribution in [0.15, 0.2) is 36.4 Å². The predicted molar refractivity (Wildman–Crippen MR) is 67.7 cm³/mol. The van der Waals surface area contributed by atoms with Crippen molar-refractivity contribution < 1.29 is 14.6 Å². The Morgan fingerprint density at radius 1 is 1.22 bits per heavy atom. The molecular formula is C12H7Cl2NO3. The number of ether oxygens (including phenoxy) is 1. The van der Waals surface area contributed by atoms with Crippen molar-refractivity contribution in [1.82, 2.24) is 4.98 Å². The maximum absolute atomic E-state index is 10.8. The molecule has 0 fully saturated rings. The molecule has 0 aliphatic carbocycles. The first kappa shape index (κ1) is 12.7. The molecule has 0 saturated carbocycles. The summed E-state index contributed by atoms with van der Waals surface area (Å²) in [4.78, 5) is 14.7. The van der Waals surface area contributed by atoms with Crippen LogP contribution in [0.5, 0.6) is 11.6 Å². The molecule has 1 N–H and O–H groups in total. The zero-order chi connectivity index (χ0) is 13.1. The lowest BCUT2D eigenvalue weighted by Gasteiger charge is -2.06. The number of nitrogens with zero attached hydrogens (tertiary/aromatic N) is 1. The maximum Gasteiger partial charge on any atom is 0.335 e. The van der Waals surface area contributed by atoms with Crippen LogP contribution in [0.3, 0.4) is 0 Å². The second kappa shape index (κ2) is 5.25. The van der Waals surface area contributed by atoms with Crippen molar-refractivity contribution in [3.8, 4) is 11.6 Å². The van der Waals surface area contributed by atoms with Crippen molar-refractivity contribution in [1.29, 1.82) is 0 Å². The van der Waals surface area contributed by atoms with E-state index >= 15 is 0 Å². The van der Waals surface area contributed by atoms with Gasteiger partial charge in [0.2, 0.25) is 5.88 Å². The smallest absolute Gasteiger partial charge is 0.335 e. The summed E-state index contributed by atoms with van der Waals surface area (Å²) in [5, 5.41) is 9.44. The molecule has 0 saturated heterocycles. The van der Waals surface area contributed by atoms with E-state index in [-0.39, 0.29) is 16.6 Å². The minimum Gasteiger partial charge on any atom is -0.478 e. The first-order valence-corrected chi connectivity index (χ1v) is 5.64. The number of hydrogen-bond acceptors (Lipinski definition) is 3. The van der Waals surface area contributed by atoms with Crippen LogP contribution in [-0.2, 0) is 0 Å². The van der Waals surface area contributed by atoms with E-state index in [0.717, 1.165) is 0 Å². The van der Waals surface area contributed by atoms with Crippen LogP contribution in [0.4, 0.5) is 0 Å². The van der Waals surface area contributed by atoms with Gasteiger partial charge in [0, 0.05) is 11.1 Å². The monoisotopic (exact) mass is 283 g/mol. The molecular weight excluding hydrogens is 277 g/mol. The molecule has 0 spiro atoms. The zero-order valence-corrected chi connectivity index (χ0v) is 10.4. The summed E-state index contributed by atoms with van der Waals surface area (Å²) < 4.78 is 5.39. The number of rotatable bonds is 3. The molecule has 1 aromatic carbocycles. The molecule has 6 heteroatoms. The van der Waals surface area contributed by atoms with Gasteiger partial charge in [-0.3, -0.25) is 0 Å². The second-order valence-corrected chi connectivity index (χ2v) is 4.21. The third-order valence-corrected chi connectivity index (χ3v) is 2.46. The van der Waals surface area contributed by atoms with Crippen LogP contribution in [0.25, 0.3) is 0 Å². The lowest BCUT2D eigenvalue weighted by molar-refractivity contribution is 0.0696. The van der Waals surface area contributed by atoms with Gasteiger partial charge in [0.15, 0.2) is 0 Å².